The third kappa shape index (κ3) is 3.58. The summed E-state index contributed by atoms with van der Waals surface area (Å²) in [5.74, 6) is -1.66. The van der Waals surface area contributed by atoms with Crippen molar-refractivity contribution in [3.8, 4) is 0 Å². The molecule has 0 N–H and O–H groups in total. The molecule has 0 aliphatic carbocycles. The lowest BCUT2D eigenvalue weighted by molar-refractivity contribution is -0.138. The summed E-state index contributed by atoms with van der Waals surface area (Å²) in [5.41, 5.74) is 0.238. The second-order valence-corrected chi connectivity index (χ2v) is 5.52. The molecule has 0 bridgehead atoms. The van der Waals surface area contributed by atoms with Crippen molar-refractivity contribution in [1.82, 2.24) is 9.80 Å². The standard InChI is InChI=1S/C15H16F2N2O4/c16-11-2-1-10(13(17)5-11)6-18-3-4-19(7-14(18)20)15(21)23-12-8-22-9-12/h1-2,5,12H,3-4,6-9H2. The number of ether oxygens (including phenoxy) is 2. The van der Waals surface area contributed by atoms with E-state index in [4.69, 9.17) is 9.47 Å². The number of rotatable bonds is 3. The van der Waals surface area contributed by atoms with E-state index in [0.717, 1.165) is 12.1 Å². The van der Waals surface area contributed by atoms with Crippen molar-refractivity contribution < 1.29 is 27.8 Å². The summed E-state index contributed by atoms with van der Waals surface area (Å²) in [4.78, 5) is 26.8. The van der Waals surface area contributed by atoms with Crippen molar-refractivity contribution in [2.24, 2.45) is 0 Å². The number of nitrogens with zero attached hydrogens (tertiary/aromatic N) is 2. The molecule has 2 saturated heterocycles. The van der Waals surface area contributed by atoms with E-state index in [1.165, 1.54) is 15.9 Å². The minimum atomic E-state index is -0.690. The van der Waals surface area contributed by atoms with Crippen molar-refractivity contribution in [1.29, 1.82) is 0 Å². The maximum absolute atomic E-state index is 13.7. The van der Waals surface area contributed by atoms with Gasteiger partial charge in [-0.2, -0.15) is 0 Å². The van der Waals surface area contributed by atoms with Crippen molar-refractivity contribution in [2.45, 2.75) is 12.6 Å². The monoisotopic (exact) mass is 326 g/mol. The zero-order valence-electron chi connectivity index (χ0n) is 12.3. The van der Waals surface area contributed by atoms with Crippen LogP contribution in [0.3, 0.4) is 0 Å². The Morgan fingerprint density at radius 1 is 1.30 bits per heavy atom. The molecule has 0 unspecified atom stereocenters. The van der Waals surface area contributed by atoms with Gasteiger partial charge in [0.15, 0.2) is 6.10 Å². The van der Waals surface area contributed by atoms with Gasteiger partial charge in [0.25, 0.3) is 0 Å². The Hall–Kier alpha value is -2.22. The van der Waals surface area contributed by atoms with Crippen LogP contribution in [-0.2, 0) is 20.8 Å². The maximum Gasteiger partial charge on any atom is 0.410 e. The second-order valence-electron chi connectivity index (χ2n) is 5.52. The minimum absolute atomic E-state index is 0.0459. The van der Waals surface area contributed by atoms with Gasteiger partial charge in [0.2, 0.25) is 5.91 Å². The molecule has 0 spiro atoms. The van der Waals surface area contributed by atoms with Crippen molar-refractivity contribution in [3.05, 3.63) is 35.4 Å². The summed E-state index contributed by atoms with van der Waals surface area (Å²) < 4.78 is 36.6. The Kier molecular flexibility index (Phi) is 4.42. The molecule has 6 nitrogen and oxygen atoms in total. The van der Waals surface area contributed by atoms with E-state index in [9.17, 15) is 18.4 Å². The van der Waals surface area contributed by atoms with Gasteiger partial charge in [-0.15, -0.1) is 0 Å². The van der Waals surface area contributed by atoms with E-state index in [2.05, 4.69) is 0 Å². The highest BCUT2D eigenvalue weighted by Gasteiger charge is 2.31. The largest absolute Gasteiger partial charge is 0.441 e. The number of carbonyl (C=O) groups excluding carboxylic acids is 2. The number of halogens is 2. The Labute approximate surface area is 131 Å². The lowest BCUT2D eigenvalue weighted by Crippen LogP contribution is -2.53. The molecule has 124 valence electrons. The van der Waals surface area contributed by atoms with Crippen LogP contribution in [-0.4, -0.2) is 60.8 Å². The first-order valence-electron chi connectivity index (χ1n) is 7.28. The number of carbonyl (C=O) groups is 2. The molecule has 23 heavy (non-hydrogen) atoms. The number of hydrogen-bond donors (Lipinski definition) is 0. The first kappa shape index (κ1) is 15.7. The summed E-state index contributed by atoms with van der Waals surface area (Å²) in [6.07, 6.45) is -0.789. The van der Waals surface area contributed by atoms with E-state index >= 15 is 0 Å². The van der Waals surface area contributed by atoms with Crippen molar-refractivity contribution in [3.63, 3.8) is 0 Å². The predicted octanol–water partition coefficient (Wildman–Crippen LogP) is 1.14. The van der Waals surface area contributed by atoms with Crippen LogP contribution in [0.5, 0.6) is 0 Å². The average Bonchev–Trinajstić information content (AvgIpc) is 2.47. The van der Waals surface area contributed by atoms with Crippen LogP contribution in [0.25, 0.3) is 0 Å². The van der Waals surface area contributed by atoms with Gasteiger partial charge < -0.3 is 14.4 Å². The van der Waals surface area contributed by atoms with Crippen LogP contribution in [0.1, 0.15) is 5.56 Å². The van der Waals surface area contributed by atoms with Crippen molar-refractivity contribution >= 4 is 12.0 Å². The highest BCUT2D eigenvalue weighted by molar-refractivity contribution is 5.83. The number of amides is 2. The van der Waals surface area contributed by atoms with Crippen LogP contribution < -0.4 is 0 Å². The average molecular weight is 326 g/mol. The molecule has 1 aromatic rings. The fraction of sp³-hybridized carbons (Fsp3) is 0.467. The summed E-state index contributed by atoms with van der Waals surface area (Å²) >= 11 is 0. The Balaban J connectivity index is 1.55. The predicted molar refractivity (Wildman–Crippen MR) is 74.4 cm³/mol. The van der Waals surface area contributed by atoms with Crippen molar-refractivity contribution in [2.75, 3.05) is 32.8 Å². The first-order chi connectivity index (χ1) is 11.0. The Bertz CT molecular complexity index is 621. The molecule has 0 atom stereocenters. The first-order valence-corrected chi connectivity index (χ1v) is 7.28. The van der Waals surface area contributed by atoms with Crippen LogP contribution in [0.15, 0.2) is 18.2 Å². The number of piperazine rings is 1. The van der Waals surface area contributed by atoms with Crippen LogP contribution >= 0.6 is 0 Å². The highest BCUT2D eigenvalue weighted by atomic mass is 19.1. The molecule has 1 aromatic carbocycles. The summed E-state index contributed by atoms with van der Waals surface area (Å²) in [5, 5.41) is 0. The molecule has 2 aliphatic rings. The van der Waals surface area contributed by atoms with Gasteiger partial charge in [0, 0.05) is 31.3 Å². The van der Waals surface area contributed by atoms with Gasteiger partial charge in [0.05, 0.1) is 13.2 Å². The number of hydrogen-bond acceptors (Lipinski definition) is 4. The fourth-order valence-corrected chi connectivity index (χ4v) is 2.39. The van der Waals surface area contributed by atoms with Gasteiger partial charge >= 0.3 is 6.09 Å². The SMILES string of the molecule is O=C1CN(C(=O)OC2COC2)CCN1Cc1ccc(F)cc1F. The molecule has 0 saturated carbocycles. The molecule has 2 aliphatic heterocycles. The van der Waals surface area contributed by atoms with E-state index in [-0.39, 0.29) is 37.2 Å². The molecule has 2 fully saturated rings. The molecule has 2 amide bonds. The van der Waals surface area contributed by atoms with E-state index in [1.807, 2.05) is 0 Å². The van der Waals surface area contributed by atoms with Crippen LogP contribution in [0.4, 0.5) is 13.6 Å². The van der Waals surface area contributed by atoms with E-state index in [0.29, 0.717) is 19.8 Å². The van der Waals surface area contributed by atoms with E-state index in [1.54, 1.807) is 0 Å². The quantitative estimate of drug-likeness (QED) is 0.836. The lowest BCUT2D eigenvalue weighted by atomic mass is 10.1. The third-order valence-electron chi connectivity index (χ3n) is 3.83. The number of benzene rings is 1. The maximum atomic E-state index is 13.7. The lowest BCUT2D eigenvalue weighted by Gasteiger charge is -2.35. The van der Waals surface area contributed by atoms with Crippen LogP contribution in [0.2, 0.25) is 0 Å². The fourth-order valence-electron chi connectivity index (χ4n) is 2.39. The molecule has 0 aromatic heterocycles. The molecular weight excluding hydrogens is 310 g/mol. The van der Waals surface area contributed by atoms with Gasteiger partial charge in [-0.3, -0.25) is 9.69 Å². The van der Waals surface area contributed by atoms with Crippen LogP contribution in [0, 0.1) is 11.6 Å². The molecule has 2 heterocycles. The Morgan fingerprint density at radius 3 is 2.70 bits per heavy atom. The molecular formula is C15H16F2N2O4. The van der Waals surface area contributed by atoms with Gasteiger partial charge in [-0.25, -0.2) is 13.6 Å². The third-order valence-corrected chi connectivity index (χ3v) is 3.83. The zero-order valence-corrected chi connectivity index (χ0v) is 12.3. The summed E-state index contributed by atoms with van der Waals surface area (Å²) in [7, 11) is 0. The molecule has 0 radical (unpaired) electrons. The van der Waals surface area contributed by atoms with Gasteiger partial charge in [-0.1, -0.05) is 6.07 Å². The van der Waals surface area contributed by atoms with Gasteiger partial charge in [0.1, 0.15) is 18.2 Å². The van der Waals surface area contributed by atoms with Gasteiger partial charge in [-0.05, 0) is 6.07 Å². The molecule has 3 rings (SSSR count). The summed E-state index contributed by atoms with van der Waals surface area (Å²) in [6, 6.07) is 3.25. The zero-order chi connectivity index (χ0) is 16.4. The second kappa shape index (κ2) is 6.49. The minimum Gasteiger partial charge on any atom is -0.441 e. The topological polar surface area (TPSA) is 59.1 Å². The highest BCUT2D eigenvalue weighted by Crippen LogP contribution is 2.15. The Morgan fingerprint density at radius 2 is 2.09 bits per heavy atom. The van der Waals surface area contributed by atoms with E-state index < -0.39 is 17.7 Å². The molecule has 8 heteroatoms. The normalized spacial score (nSPS) is 18.8. The smallest absolute Gasteiger partial charge is 0.410 e. The summed E-state index contributed by atoms with van der Waals surface area (Å²) in [6.45, 7) is 1.26.